The SMILES string of the molecule is CC1C=Nc2cc(I)c(Cl)cc2C1=O. The minimum absolute atomic E-state index is 0.0910. The fraction of sp³-hybridized carbons (Fsp3) is 0.200. The zero-order chi connectivity index (χ0) is 10.3. The van der Waals surface area contributed by atoms with Crippen LogP contribution in [0.4, 0.5) is 5.69 Å². The van der Waals surface area contributed by atoms with Gasteiger partial charge in [-0.25, -0.2) is 0 Å². The van der Waals surface area contributed by atoms with Crippen molar-refractivity contribution >= 4 is 51.9 Å². The molecule has 1 aromatic carbocycles. The number of rotatable bonds is 0. The molecule has 0 amide bonds. The van der Waals surface area contributed by atoms with Gasteiger partial charge in [-0.05, 0) is 34.7 Å². The van der Waals surface area contributed by atoms with Crippen LogP contribution in [0.2, 0.25) is 5.02 Å². The van der Waals surface area contributed by atoms with Crippen molar-refractivity contribution in [3.05, 3.63) is 26.3 Å². The van der Waals surface area contributed by atoms with Crippen molar-refractivity contribution in [1.82, 2.24) is 0 Å². The average molecular weight is 320 g/mol. The van der Waals surface area contributed by atoms with Crippen molar-refractivity contribution in [3.8, 4) is 0 Å². The van der Waals surface area contributed by atoms with Crippen LogP contribution in [-0.4, -0.2) is 12.0 Å². The van der Waals surface area contributed by atoms with Crippen molar-refractivity contribution in [3.63, 3.8) is 0 Å². The molecule has 0 spiro atoms. The summed E-state index contributed by atoms with van der Waals surface area (Å²) >= 11 is 8.07. The molecular weight excluding hydrogens is 312 g/mol. The van der Waals surface area contributed by atoms with Crippen molar-refractivity contribution < 1.29 is 4.79 Å². The molecule has 1 heterocycles. The highest BCUT2D eigenvalue weighted by Gasteiger charge is 2.21. The molecule has 2 rings (SSSR count). The quantitative estimate of drug-likeness (QED) is 0.673. The van der Waals surface area contributed by atoms with Gasteiger partial charge in [0, 0.05) is 15.3 Å². The van der Waals surface area contributed by atoms with E-state index in [0.29, 0.717) is 10.6 Å². The van der Waals surface area contributed by atoms with Crippen LogP contribution in [0.3, 0.4) is 0 Å². The Labute approximate surface area is 101 Å². The van der Waals surface area contributed by atoms with E-state index in [1.807, 2.05) is 13.0 Å². The Hall–Kier alpha value is -0.420. The first kappa shape index (κ1) is 10.1. The number of aliphatic imine (C=N–C) groups is 1. The molecular formula is C10H7ClINO. The van der Waals surface area contributed by atoms with Crippen molar-refractivity contribution in [2.45, 2.75) is 6.92 Å². The number of carbonyl (C=O) groups is 1. The third-order valence-corrected chi connectivity index (χ3v) is 3.68. The molecule has 2 nitrogen and oxygen atoms in total. The van der Waals surface area contributed by atoms with Crippen LogP contribution in [-0.2, 0) is 0 Å². The Kier molecular flexibility index (Phi) is 2.62. The number of fused-ring (bicyclic) bond motifs is 1. The van der Waals surface area contributed by atoms with E-state index < -0.39 is 0 Å². The monoisotopic (exact) mass is 319 g/mol. The van der Waals surface area contributed by atoms with E-state index in [9.17, 15) is 4.79 Å². The molecule has 0 N–H and O–H groups in total. The molecule has 0 radical (unpaired) electrons. The summed E-state index contributed by atoms with van der Waals surface area (Å²) in [4.78, 5) is 15.9. The number of Topliss-reactive ketones (excluding diaryl/α,β-unsaturated/α-hetero) is 1. The molecule has 0 bridgehead atoms. The van der Waals surface area contributed by atoms with Gasteiger partial charge < -0.3 is 0 Å². The average Bonchev–Trinajstić information content (AvgIpc) is 2.15. The molecule has 14 heavy (non-hydrogen) atoms. The Morgan fingerprint density at radius 3 is 2.93 bits per heavy atom. The Morgan fingerprint density at radius 1 is 1.50 bits per heavy atom. The minimum atomic E-state index is -0.140. The second kappa shape index (κ2) is 3.62. The number of ketones is 1. The molecule has 1 aliphatic heterocycles. The molecule has 72 valence electrons. The number of halogens is 2. The van der Waals surface area contributed by atoms with Crippen molar-refractivity contribution in [2.75, 3.05) is 0 Å². The number of nitrogens with zero attached hydrogens (tertiary/aromatic N) is 1. The van der Waals surface area contributed by atoms with Crippen LogP contribution >= 0.6 is 34.2 Å². The van der Waals surface area contributed by atoms with E-state index in [-0.39, 0.29) is 11.7 Å². The van der Waals surface area contributed by atoms with E-state index in [4.69, 9.17) is 11.6 Å². The second-order valence-corrected chi connectivity index (χ2v) is 4.78. The highest BCUT2D eigenvalue weighted by molar-refractivity contribution is 14.1. The molecule has 0 fully saturated rings. The first-order valence-electron chi connectivity index (χ1n) is 4.17. The predicted molar refractivity (Wildman–Crippen MR) is 65.8 cm³/mol. The third-order valence-electron chi connectivity index (χ3n) is 2.15. The molecule has 0 aromatic heterocycles. The summed E-state index contributed by atoms with van der Waals surface area (Å²) in [6.07, 6.45) is 1.68. The van der Waals surface area contributed by atoms with Gasteiger partial charge in [0.15, 0.2) is 5.78 Å². The maximum absolute atomic E-state index is 11.7. The van der Waals surface area contributed by atoms with Gasteiger partial charge in [0.1, 0.15) is 0 Å². The molecule has 0 saturated carbocycles. The van der Waals surface area contributed by atoms with E-state index in [1.54, 1.807) is 12.3 Å². The summed E-state index contributed by atoms with van der Waals surface area (Å²) in [5, 5.41) is 0.613. The van der Waals surface area contributed by atoms with Crippen LogP contribution in [0.25, 0.3) is 0 Å². The fourth-order valence-electron chi connectivity index (χ4n) is 1.35. The van der Waals surface area contributed by atoms with Crippen molar-refractivity contribution in [2.24, 2.45) is 10.9 Å². The number of hydrogen-bond donors (Lipinski definition) is 0. The molecule has 0 aliphatic carbocycles. The maximum atomic E-state index is 11.7. The highest BCUT2D eigenvalue weighted by Crippen LogP contribution is 2.32. The third kappa shape index (κ3) is 1.59. The normalized spacial score (nSPS) is 19.6. The summed E-state index contributed by atoms with van der Waals surface area (Å²) < 4.78 is 0.919. The van der Waals surface area contributed by atoms with Gasteiger partial charge in [0.25, 0.3) is 0 Å². The first-order valence-corrected chi connectivity index (χ1v) is 5.62. The summed E-state index contributed by atoms with van der Waals surface area (Å²) in [6.45, 7) is 1.83. The molecule has 1 unspecified atom stereocenters. The summed E-state index contributed by atoms with van der Waals surface area (Å²) in [7, 11) is 0. The molecule has 1 aromatic rings. The largest absolute Gasteiger partial charge is 0.293 e. The van der Waals surface area contributed by atoms with E-state index in [0.717, 1.165) is 9.26 Å². The zero-order valence-corrected chi connectivity index (χ0v) is 10.3. The summed E-state index contributed by atoms with van der Waals surface area (Å²) in [6, 6.07) is 3.53. The van der Waals surface area contributed by atoms with Gasteiger partial charge in [0.05, 0.1) is 16.6 Å². The zero-order valence-electron chi connectivity index (χ0n) is 7.42. The Morgan fingerprint density at radius 2 is 2.21 bits per heavy atom. The first-order chi connectivity index (χ1) is 6.59. The standard InChI is InChI=1S/C10H7ClINO/c1-5-4-13-9-3-8(12)7(11)2-6(9)10(5)14/h2-5H,1H3. The predicted octanol–water partition coefficient (Wildman–Crippen LogP) is 3.48. The molecule has 0 saturated heterocycles. The molecule has 1 atom stereocenters. The van der Waals surface area contributed by atoms with Gasteiger partial charge in [0.2, 0.25) is 0 Å². The topological polar surface area (TPSA) is 29.4 Å². The van der Waals surface area contributed by atoms with E-state index >= 15 is 0 Å². The summed E-state index contributed by atoms with van der Waals surface area (Å²) in [5.74, 6) is -0.0491. The second-order valence-electron chi connectivity index (χ2n) is 3.21. The van der Waals surface area contributed by atoms with Crippen LogP contribution in [0.1, 0.15) is 17.3 Å². The van der Waals surface area contributed by atoms with E-state index in [1.165, 1.54) is 0 Å². The van der Waals surface area contributed by atoms with Gasteiger partial charge in [-0.15, -0.1) is 0 Å². The van der Waals surface area contributed by atoms with Gasteiger partial charge in [-0.1, -0.05) is 18.5 Å². The fourth-order valence-corrected chi connectivity index (χ4v) is 1.96. The lowest BCUT2D eigenvalue weighted by Crippen LogP contribution is -2.16. The van der Waals surface area contributed by atoms with Crippen LogP contribution in [0.5, 0.6) is 0 Å². The van der Waals surface area contributed by atoms with Gasteiger partial charge >= 0.3 is 0 Å². The highest BCUT2D eigenvalue weighted by atomic mass is 127. The van der Waals surface area contributed by atoms with Gasteiger partial charge in [-0.3, -0.25) is 9.79 Å². The Balaban J connectivity index is 2.64. The Bertz CT molecular complexity index is 442. The van der Waals surface area contributed by atoms with E-state index in [2.05, 4.69) is 27.6 Å². The number of hydrogen-bond acceptors (Lipinski definition) is 2. The minimum Gasteiger partial charge on any atom is -0.293 e. The lowest BCUT2D eigenvalue weighted by molar-refractivity contribution is 0.0962. The smallest absolute Gasteiger partial charge is 0.173 e. The van der Waals surface area contributed by atoms with Crippen LogP contribution < -0.4 is 0 Å². The lowest BCUT2D eigenvalue weighted by atomic mass is 9.96. The van der Waals surface area contributed by atoms with Crippen molar-refractivity contribution in [1.29, 1.82) is 0 Å². The van der Waals surface area contributed by atoms with Crippen LogP contribution in [0, 0.1) is 9.49 Å². The molecule has 1 aliphatic rings. The molecule has 4 heteroatoms. The number of benzene rings is 1. The maximum Gasteiger partial charge on any atom is 0.173 e. The summed E-state index contributed by atoms with van der Waals surface area (Å²) in [5.41, 5.74) is 1.35. The van der Waals surface area contributed by atoms with Crippen LogP contribution in [0.15, 0.2) is 17.1 Å². The number of carbonyl (C=O) groups excluding carboxylic acids is 1. The van der Waals surface area contributed by atoms with Gasteiger partial charge in [-0.2, -0.15) is 0 Å². The lowest BCUT2D eigenvalue weighted by Gasteiger charge is -2.14.